The lowest BCUT2D eigenvalue weighted by Gasteiger charge is -2.03. The van der Waals surface area contributed by atoms with Crippen molar-refractivity contribution in [2.24, 2.45) is 0 Å². The smallest absolute Gasteiger partial charge is 0.217 e. The summed E-state index contributed by atoms with van der Waals surface area (Å²) in [6.07, 6.45) is 3.29. The van der Waals surface area contributed by atoms with Crippen molar-refractivity contribution in [3.8, 4) is 11.3 Å². The number of aromatic amines is 1. The molecule has 11 heavy (non-hydrogen) atoms. The summed E-state index contributed by atoms with van der Waals surface area (Å²) in [6, 6.07) is 3.59. The number of hydrogen-bond acceptors (Lipinski definition) is 2. The van der Waals surface area contributed by atoms with Crippen LogP contribution in [0.5, 0.6) is 0 Å². The molecule has 2 rings (SSSR count). The van der Waals surface area contributed by atoms with Crippen LogP contribution >= 0.6 is 11.5 Å². The monoisotopic (exact) mass is 168 g/mol. The lowest BCUT2D eigenvalue weighted by Crippen LogP contribution is -1.89. The van der Waals surface area contributed by atoms with E-state index in [9.17, 15) is 4.39 Å². The van der Waals surface area contributed by atoms with E-state index in [1.807, 2.05) is 6.07 Å². The van der Waals surface area contributed by atoms with Gasteiger partial charge in [-0.2, -0.15) is 4.39 Å². The number of halogens is 1. The third kappa shape index (κ3) is 1.05. The van der Waals surface area contributed by atoms with Gasteiger partial charge in [-0.1, -0.05) is 0 Å². The van der Waals surface area contributed by atoms with Crippen molar-refractivity contribution in [1.82, 2.24) is 9.36 Å². The third-order valence-corrected chi connectivity index (χ3v) is 2.08. The zero-order valence-electron chi connectivity index (χ0n) is 5.54. The Labute approximate surface area is 66.9 Å². The molecule has 0 aliphatic carbocycles. The van der Waals surface area contributed by atoms with Crippen molar-refractivity contribution < 1.29 is 4.39 Å². The van der Waals surface area contributed by atoms with Gasteiger partial charge in [-0.15, -0.1) is 0 Å². The zero-order valence-corrected chi connectivity index (χ0v) is 6.36. The van der Waals surface area contributed by atoms with Gasteiger partial charge in [0.1, 0.15) is 5.69 Å². The van der Waals surface area contributed by atoms with E-state index < -0.39 is 0 Å². The highest BCUT2D eigenvalue weighted by Crippen LogP contribution is 2.24. The molecular formula is C7H5FN2S. The lowest BCUT2D eigenvalue weighted by molar-refractivity contribution is 0.648. The van der Waals surface area contributed by atoms with E-state index >= 15 is 0 Å². The number of nitrogens with one attached hydrogen (secondary N) is 1. The van der Waals surface area contributed by atoms with Gasteiger partial charge in [-0.25, -0.2) is 0 Å². The number of pyridine rings is 1. The molecule has 0 bridgehead atoms. The quantitative estimate of drug-likeness (QED) is 0.695. The highest BCUT2D eigenvalue weighted by atomic mass is 32.1. The largest absolute Gasteiger partial charge is 0.305 e. The number of rotatable bonds is 1. The summed E-state index contributed by atoms with van der Waals surface area (Å²) >= 11 is 0.998. The molecule has 0 unspecified atom stereocenters. The maximum Gasteiger partial charge on any atom is 0.217 e. The Hall–Kier alpha value is -1.16. The molecule has 0 aliphatic heterocycles. The molecule has 0 spiro atoms. The van der Waals surface area contributed by atoms with E-state index in [1.54, 1.807) is 18.5 Å². The molecule has 1 N–H and O–H groups in total. The molecule has 0 saturated heterocycles. The van der Waals surface area contributed by atoms with E-state index in [0.29, 0.717) is 5.69 Å². The highest BCUT2D eigenvalue weighted by Gasteiger charge is 2.08. The minimum absolute atomic E-state index is 0.169. The Morgan fingerprint density at radius 1 is 1.55 bits per heavy atom. The van der Waals surface area contributed by atoms with Crippen LogP contribution in [-0.2, 0) is 0 Å². The first-order valence-electron chi connectivity index (χ1n) is 3.11. The lowest BCUT2D eigenvalue weighted by atomic mass is 10.2. The van der Waals surface area contributed by atoms with Crippen LogP contribution in [0.15, 0.2) is 24.5 Å². The van der Waals surface area contributed by atoms with Crippen LogP contribution in [-0.4, -0.2) is 9.36 Å². The number of H-pyrrole nitrogens is 1. The first-order chi connectivity index (χ1) is 5.38. The maximum absolute atomic E-state index is 12.6. The minimum atomic E-state index is -0.169. The molecular weight excluding hydrogens is 163 g/mol. The van der Waals surface area contributed by atoms with E-state index in [-0.39, 0.29) is 5.13 Å². The Bertz CT molecular complexity index is 338. The molecule has 2 aromatic heterocycles. The number of aromatic nitrogens is 2. The number of nitrogens with zero attached hydrogens (tertiary/aromatic N) is 1. The molecule has 0 amide bonds. The first kappa shape index (κ1) is 6.54. The second kappa shape index (κ2) is 2.47. The van der Waals surface area contributed by atoms with Crippen molar-refractivity contribution in [2.75, 3.05) is 0 Å². The van der Waals surface area contributed by atoms with Crippen LogP contribution in [0.3, 0.4) is 0 Å². The van der Waals surface area contributed by atoms with E-state index in [1.165, 1.54) is 0 Å². The predicted molar refractivity (Wildman–Crippen MR) is 41.9 cm³/mol. The molecule has 0 atom stereocenters. The van der Waals surface area contributed by atoms with Crippen LogP contribution in [0.25, 0.3) is 11.3 Å². The normalized spacial score (nSPS) is 10.3. The molecule has 0 aliphatic rings. The fraction of sp³-hybridized carbons (Fsp3) is 0. The Morgan fingerprint density at radius 2 is 2.45 bits per heavy atom. The summed E-state index contributed by atoms with van der Waals surface area (Å²) in [5.41, 5.74) is 1.34. The second-order valence-electron chi connectivity index (χ2n) is 2.09. The molecule has 4 heteroatoms. The van der Waals surface area contributed by atoms with Crippen molar-refractivity contribution in [3.63, 3.8) is 0 Å². The van der Waals surface area contributed by atoms with Crippen LogP contribution in [0.1, 0.15) is 0 Å². The van der Waals surface area contributed by atoms with Gasteiger partial charge in [0.25, 0.3) is 0 Å². The average Bonchev–Trinajstić information content (AvgIpc) is 2.04. The zero-order chi connectivity index (χ0) is 7.68. The fourth-order valence-corrected chi connectivity index (χ4v) is 1.34. The minimum Gasteiger partial charge on any atom is -0.305 e. The van der Waals surface area contributed by atoms with Gasteiger partial charge in [0.05, 0.1) is 0 Å². The van der Waals surface area contributed by atoms with Gasteiger partial charge in [0.15, 0.2) is 0 Å². The van der Waals surface area contributed by atoms with Crippen LogP contribution in [0.2, 0.25) is 0 Å². The first-order valence-corrected chi connectivity index (χ1v) is 3.92. The summed E-state index contributed by atoms with van der Waals surface area (Å²) in [4.78, 5) is 3.87. The van der Waals surface area contributed by atoms with Crippen LogP contribution < -0.4 is 0 Å². The predicted octanol–water partition coefficient (Wildman–Crippen LogP) is 2.28. The maximum atomic E-state index is 12.6. The number of hydrogen-bond donors (Lipinski definition) is 1. The summed E-state index contributed by atoms with van der Waals surface area (Å²) in [5, 5.41) is -0.169. The van der Waals surface area contributed by atoms with Crippen molar-refractivity contribution in [2.45, 2.75) is 0 Å². The third-order valence-electron chi connectivity index (χ3n) is 1.39. The van der Waals surface area contributed by atoms with Gasteiger partial charge in [0, 0.05) is 18.0 Å². The Balaban J connectivity index is 2.43. The second-order valence-corrected chi connectivity index (χ2v) is 2.86. The molecule has 2 aromatic rings. The van der Waals surface area contributed by atoms with Gasteiger partial charge in [-0.3, -0.25) is 4.98 Å². The van der Waals surface area contributed by atoms with E-state index in [2.05, 4.69) is 9.36 Å². The van der Waals surface area contributed by atoms with Crippen molar-refractivity contribution >= 4 is 11.5 Å². The summed E-state index contributed by atoms with van der Waals surface area (Å²) in [6.45, 7) is 0. The Kier molecular flexibility index (Phi) is 1.47. The van der Waals surface area contributed by atoms with Crippen molar-refractivity contribution in [1.29, 1.82) is 0 Å². The van der Waals surface area contributed by atoms with Crippen LogP contribution in [0.4, 0.5) is 4.39 Å². The fourth-order valence-electron chi connectivity index (χ4n) is 0.824. The van der Waals surface area contributed by atoms with Gasteiger partial charge in [-0.05, 0) is 23.7 Å². The molecule has 0 fully saturated rings. The molecule has 0 aromatic carbocycles. The van der Waals surface area contributed by atoms with Gasteiger partial charge >= 0.3 is 0 Å². The van der Waals surface area contributed by atoms with Gasteiger partial charge < -0.3 is 4.37 Å². The Morgan fingerprint density at radius 3 is 2.91 bits per heavy atom. The summed E-state index contributed by atoms with van der Waals surface area (Å²) < 4.78 is 15.4. The molecule has 2 heterocycles. The van der Waals surface area contributed by atoms with E-state index in [4.69, 9.17) is 0 Å². The van der Waals surface area contributed by atoms with Gasteiger partial charge in [0.2, 0.25) is 5.13 Å². The SMILES string of the molecule is Fc1s[nH]c1-c1cccnc1. The molecule has 56 valence electrons. The van der Waals surface area contributed by atoms with Crippen molar-refractivity contribution in [3.05, 3.63) is 29.7 Å². The summed E-state index contributed by atoms with van der Waals surface area (Å²) in [7, 11) is 0. The topological polar surface area (TPSA) is 28.7 Å². The average molecular weight is 168 g/mol. The molecule has 0 radical (unpaired) electrons. The molecule has 0 saturated carbocycles. The van der Waals surface area contributed by atoms with Crippen LogP contribution in [0, 0.1) is 5.13 Å². The summed E-state index contributed by atoms with van der Waals surface area (Å²) in [5.74, 6) is 0. The highest BCUT2D eigenvalue weighted by molar-refractivity contribution is 7.05. The molecule has 2 nitrogen and oxygen atoms in total. The van der Waals surface area contributed by atoms with E-state index in [0.717, 1.165) is 17.1 Å². The standard InChI is InChI=1S/C7H5FN2S/c8-7-6(10-11-7)5-2-1-3-9-4-5/h1-4,10H.